The van der Waals surface area contributed by atoms with Gasteiger partial charge in [-0.1, -0.05) is 0 Å². The number of halogens is 6. The molecule has 0 bridgehead atoms. The fourth-order valence-corrected chi connectivity index (χ4v) is 0.682. The van der Waals surface area contributed by atoms with Crippen LogP contribution in [0.5, 0.6) is 0 Å². The summed E-state index contributed by atoms with van der Waals surface area (Å²) in [4.78, 5) is 0. The van der Waals surface area contributed by atoms with Crippen molar-refractivity contribution in [1.82, 2.24) is 0 Å². The average Bonchev–Trinajstić information content (AvgIpc) is 1.14. The molecule has 0 atom stereocenters. The molecule has 0 aliphatic heterocycles. The van der Waals surface area contributed by atoms with E-state index >= 15 is 0 Å². The maximum atomic E-state index is 10.9. The number of alkyl halides is 6. The lowest BCUT2D eigenvalue weighted by Crippen LogP contribution is -2.32. The van der Waals surface area contributed by atoms with E-state index in [0.717, 1.165) is 0 Å². The van der Waals surface area contributed by atoms with Crippen LogP contribution in [0.1, 0.15) is 0 Å². The highest BCUT2D eigenvalue weighted by Gasteiger charge is 2.50. The van der Waals surface area contributed by atoms with Crippen molar-refractivity contribution in [3.63, 3.8) is 0 Å². The van der Waals surface area contributed by atoms with E-state index in [1.54, 1.807) is 0 Å². The molecule has 0 spiro atoms. The second kappa shape index (κ2) is 2.53. The third kappa shape index (κ3) is 8.35. The van der Waals surface area contributed by atoms with Crippen molar-refractivity contribution in [2.24, 2.45) is 0 Å². The van der Waals surface area contributed by atoms with Crippen molar-refractivity contribution in [2.45, 2.75) is 8.61 Å². The van der Waals surface area contributed by atoms with Gasteiger partial charge in [-0.3, -0.25) is 0 Å². The van der Waals surface area contributed by atoms with Gasteiger partial charge in [-0.25, -0.2) is 26.3 Å². The third-order valence-electron chi connectivity index (χ3n) is 0.401. The quantitative estimate of drug-likeness (QED) is 0.376. The lowest BCUT2D eigenvalue weighted by atomic mass is 11.5. The summed E-state index contributed by atoms with van der Waals surface area (Å²) in [7, 11) is 0. The van der Waals surface area contributed by atoms with Gasteiger partial charge in [0.05, 0.1) is 0 Å². The Morgan fingerprint density at radius 3 is 0.889 bits per heavy atom. The molecule has 0 radical (unpaired) electrons. The van der Waals surface area contributed by atoms with Crippen LogP contribution in [0.25, 0.3) is 0 Å². The molecule has 0 saturated carbocycles. The third-order valence-corrected chi connectivity index (χ3v) is 1.20. The van der Waals surface area contributed by atoms with E-state index in [-0.39, 0.29) is 0 Å². The Morgan fingerprint density at radius 1 is 0.667 bits per heavy atom. The SMILES string of the molecule is F[C](F)(F)[Mg][C](F)(F)F. The Morgan fingerprint density at radius 2 is 0.889 bits per heavy atom. The van der Waals surface area contributed by atoms with Gasteiger partial charge in [-0.05, 0) is 0 Å². The molecule has 0 saturated heterocycles. The Kier molecular flexibility index (Phi) is 2.63. The fourth-order valence-electron chi connectivity index (χ4n) is 0.227. The molecule has 0 nitrogen and oxygen atoms in total. The fraction of sp³-hybridized carbons (Fsp3) is 1.00. The molecule has 0 rings (SSSR count). The zero-order valence-corrected chi connectivity index (χ0v) is 5.39. The van der Waals surface area contributed by atoms with E-state index in [2.05, 4.69) is 0 Å². The zero-order chi connectivity index (χ0) is 7.71. The second-order valence-corrected chi connectivity index (χ2v) is 3.36. The van der Waals surface area contributed by atoms with Crippen molar-refractivity contribution in [1.29, 1.82) is 0 Å². The molecular weight excluding hydrogens is 162 g/mol. The lowest BCUT2D eigenvalue weighted by molar-refractivity contribution is -0.0955. The highest BCUT2D eigenvalue weighted by molar-refractivity contribution is 6.40. The van der Waals surface area contributed by atoms with Crippen molar-refractivity contribution in [2.75, 3.05) is 0 Å². The number of hydrogen-bond acceptors (Lipinski definition) is 0. The molecule has 52 valence electrons. The number of hydrogen-bond donors (Lipinski definition) is 0. The van der Waals surface area contributed by atoms with Gasteiger partial charge in [-0.2, -0.15) is 0 Å². The zero-order valence-electron chi connectivity index (χ0n) is 3.97. The molecule has 0 aromatic carbocycles. The van der Waals surface area contributed by atoms with E-state index in [0.29, 0.717) is 0 Å². The maximum Gasteiger partial charge on any atom is 0.689 e. The predicted octanol–water partition coefficient (Wildman–Crippen LogP) is 1.73. The molecule has 7 heteroatoms. The first-order valence-corrected chi connectivity index (χ1v) is 3.26. The highest BCUT2D eigenvalue weighted by atomic mass is 24.5. The van der Waals surface area contributed by atoms with Crippen molar-refractivity contribution >= 4 is 20.4 Å². The Labute approximate surface area is 55.9 Å². The minimum absolute atomic E-state index is 3.91. The van der Waals surface area contributed by atoms with Crippen LogP contribution in [0.15, 0.2) is 0 Å². The van der Waals surface area contributed by atoms with Crippen LogP contribution in [-0.2, 0) is 0 Å². The summed E-state index contributed by atoms with van der Waals surface area (Å²) in [5.41, 5.74) is 0. The summed E-state index contributed by atoms with van der Waals surface area (Å²) >= 11 is -3.91. The van der Waals surface area contributed by atoms with Crippen molar-refractivity contribution < 1.29 is 26.3 Å². The summed E-state index contributed by atoms with van der Waals surface area (Å²) in [6, 6.07) is 0. The molecule has 0 aliphatic carbocycles. The smallest absolute Gasteiger partial charge is 0.206 e. The predicted molar refractivity (Wildman–Crippen MR) is 17.9 cm³/mol. The Balaban J connectivity index is 3.75. The molecule has 0 heterocycles. The van der Waals surface area contributed by atoms with Crippen LogP contribution >= 0.6 is 0 Å². The summed E-state index contributed by atoms with van der Waals surface area (Å²) in [5, 5.41) is 0. The first kappa shape index (κ1) is 9.35. The van der Waals surface area contributed by atoms with Crippen molar-refractivity contribution in [3.05, 3.63) is 0 Å². The Bertz CT molecular complexity index is 76.2. The van der Waals surface area contributed by atoms with Gasteiger partial charge in [-0.15, -0.1) is 0 Å². The summed E-state index contributed by atoms with van der Waals surface area (Å²) in [6.07, 6.45) is 0. The molecule has 9 heavy (non-hydrogen) atoms. The van der Waals surface area contributed by atoms with Crippen LogP contribution in [0.2, 0.25) is 0 Å². The van der Waals surface area contributed by atoms with E-state index in [9.17, 15) is 26.3 Å². The molecule has 0 aromatic rings. The minimum atomic E-state index is -5.00. The molecule has 0 aliphatic rings. The molecule has 0 N–H and O–H groups in total. The van der Waals surface area contributed by atoms with E-state index < -0.39 is 29.0 Å². The molecule has 0 fully saturated rings. The van der Waals surface area contributed by atoms with E-state index in [1.807, 2.05) is 0 Å². The maximum absolute atomic E-state index is 10.9. The van der Waals surface area contributed by atoms with Gasteiger partial charge >= 0.3 is 20.4 Å². The molecular formula is C2F6Mg. The van der Waals surface area contributed by atoms with Crippen LogP contribution < -0.4 is 0 Å². The van der Waals surface area contributed by atoms with E-state index in [1.165, 1.54) is 0 Å². The van der Waals surface area contributed by atoms with E-state index in [4.69, 9.17) is 0 Å². The normalized spacial score (nSPS) is 13.1. The van der Waals surface area contributed by atoms with Gasteiger partial charge < -0.3 is 0 Å². The van der Waals surface area contributed by atoms with Crippen LogP contribution in [0.3, 0.4) is 0 Å². The second-order valence-electron chi connectivity index (χ2n) is 1.41. The van der Waals surface area contributed by atoms with Gasteiger partial charge in [0, 0.05) is 0 Å². The Hall–Kier alpha value is 0.346. The van der Waals surface area contributed by atoms with Crippen LogP contribution in [0.4, 0.5) is 26.3 Å². The number of rotatable bonds is 0. The van der Waals surface area contributed by atoms with Gasteiger partial charge in [0.1, 0.15) is 0 Å². The van der Waals surface area contributed by atoms with Gasteiger partial charge in [0.15, 0.2) is 0 Å². The molecule has 0 amide bonds. The standard InChI is InChI=1S/2CF3.Mg/c2*2-1(3)4;. The lowest BCUT2D eigenvalue weighted by Gasteiger charge is -2.06. The minimum Gasteiger partial charge on any atom is -0.206 e. The first-order valence-electron chi connectivity index (χ1n) is 1.84. The average molecular weight is 162 g/mol. The van der Waals surface area contributed by atoms with Gasteiger partial charge in [0.2, 0.25) is 0 Å². The first-order chi connectivity index (χ1) is 3.71. The summed E-state index contributed by atoms with van der Waals surface area (Å²) < 4.78 is 55.4. The summed E-state index contributed by atoms with van der Waals surface area (Å²) in [6.45, 7) is 0. The molecule has 0 unspecified atom stereocenters. The highest BCUT2D eigenvalue weighted by Crippen LogP contribution is 2.23. The van der Waals surface area contributed by atoms with Crippen LogP contribution in [0, 0.1) is 0 Å². The topological polar surface area (TPSA) is 0 Å². The monoisotopic (exact) mass is 162 g/mol. The molecule has 0 aromatic heterocycles. The van der Waals surface area contributed by atoms with Crippen LogP contribution in [-0.4, -0.2) is 29.0 Å². The van der Waals surface area contributed by atoms with Gasteiger partial charge in [0.25, 0.3) is 8.61 Å². The largest absolute Gasteiger partial charge is 0.689 e. The van der Waals surface area contributed by atoms with Crippen molar-refractivity contribution in [3.8, 4) is 0 Å². The summed E-state index contributed by atoms with van der Waals surface area (Å²) in [5.74, 6) is 0.